The third-order valence-corrected chi connectivity index (χ3v) is 6.58. The summed E-state index contributed by atoms with van der Waals surface area (Å²) >= 11 is 1.60. The van der Waals surface area contributed by atoms with E-state index in [4.69, 9.17) is 5.41 Å². The SMILES string of the molecule is CNC1CCCC(C2CNc3ccc(NC(=N)c4cccs4)cc32)C1. The molecule has 1 aromatic carbocycles. The van der Waals surface area contributed by atoms with Crippen LogP contribution in [0.3, 0.4) is 0 Å². The van der Waals surface area contributed by atoms with Gasteiger partial charge in [-0.15, -0.1) is 11.3 Å². The molecule has 2 aromatic rings. The molecule has 1 fully saturated rings. The van der Waals surface area contributed by atoms with Crippen LogP contribution in [0.1, 0.15) is 42.0 Å². The third-order valence-electron chi connectivity index (χ3n) is 5.69. The number of fused-ring (bicyclic) bond motifs is 1. The number of rotatable bonds is 4. The predicted molar refractivity (Wildman–Crippen MR) is 107 cm³/mol. The van der Waals surface area contributed by atoms with Gasteiger partial charge in [-0.3, -0.25) is 5.41 Å². The van der Waals surface area contributed by atoms with Crippen molar-refractivity contribution in [2.45, 2.75) is 37.6 Å². The van der Waals surface area contributed by atoms with E-state index in [1.807, 2.05) is 17.5 Å². The van der Waals surface area contributed by atoms with Crippen LogP contribution in [0.4, 0.5) is 11.4 Å². The predicted octanol–water partition coefficient (Wildman–Crippen LogP) is 4.47. The van der Waals surface area contributed by atoms with E-state index >= 15 is 0 Å². The minimum absolute atomic E-state index is 0.477. The van der Waals surface area contributed by atoms with Crippen molar-refractivity contribution in [2.75, 3.05) is 24.2 Å². The van der Waals surface area contributed by atoms with Crippen molar-refractivity contribution in [3.8, 4) is 0 Å². The van der Waals surface area contributed by atoms with Gasteiger partial charge in [-0.25, -0.2) is 0 Å². The zero-order chi connectivity index (χ0) is 17.2. The maximum Gasteiger partial charge on any atom is 0.140 e. The van der Waals surface area contributed by atoms with Gasteiger partial charge in [0.25, 0.3) is 0 Å². The van der Waals surface area contributed by atoms with Crippen LogP contribution >= 0.6 is 11.3 Å². The molecule has 2 heterocycles. The zero-order valence-electron chi connectivity index (χ0n) is 14.6. The van der Waals surface area contributed by atoms with Gasteiger partial charge in [0.1, 0.15) is 5.84 Å². The Kier molecular flexibility index (Phi) is 4.77. The molecule has 0 radical (unpaired) electrons. The number of benzene rings is 1. The van der Waals surface area contributed by atoms with Crippen molar-refractivity contribution in [1.29, 1.82) is 5.41 Å². The first-order valence-corrected chi connectivity index (χ1v) is 10.1. The second-order valence-electron chi connectivity index (χ2n) is 7.18. The molecule has 4 N–H and O–H groups in total. The average molecular weight is 355 g/mol. The van der Waals surface area contributed by atoms with Crippen LogP contribution in [0.15, 0.2) is 35.7 Å². The molecule has 1 aliphatic heterocycles. The van der Waals surface area contributed by atoms with E-state index in [9.17, 15) is 0 Å². The molecule has 0 spiro atoms. The molecule has 0 bridgehead atoms. The molecule has 25 heavy (non-hydrogen) atoms. The lowest BCUT2D eigenvalue weighted by Gasteiger charge is -2.32. The lowest BCUT2D eigenvalue weighted by Crippen LogP contribution is -2.33. The first-order valence-electron chi connectivity index (χ1n) is 9.19. The maximum absolute atomic E-state index is 8.25. The number of hydrogen-bond donors (Lipinski definition) is 4. The van der Waals surface area contributed by atoms with Gasteiger partial charge >= 0.3 is 0 Å². The molecule has 1 aromatic heterocycles. The molecule has 4 rings (SSSR count). The van der Waals surface area contributed by atoms with Gasteiger partial charge in [-0.1, -0.05) is 12.5 Å². The van der Waals surface area contributed by atoms with Crippen molar-refractivity contribution in [1.82, 2.24) is 5.32 Å². The van der Waals surface area contributed by atoms with Gasteiger partial charge in [0.15, 0.2) is 0 Å². The molecular formula is C20H26N4S. The molecule has 1 saturated carbocycles. The third kappa shape index (κ3) is 3.44. The van der Waals surface area contributed by atoms with E-state index < -0.39 is 0 Å². The molecule has 132 valence electrons. The van der Waals surface area contributed by atoms with Gasteiger partial charge in [0.05, 0.1) is 4.88 Å². The summed E-state index contributed by atoms with van der Waals surface area (Å²) in [6.45, 7) is 1.04. The number of amidine groups is 1. The fraction of sp³-hybridized carbons (Fsp3) is 0.450. The highest BCUT2D eigenvalue weighted by molar-refractivity contribution is 7.12. The molecule has 3 unspecified atom stereocenters. The largest absolute Gasteiger partial charge is 0.384 e. The molecular weight excluding hydrogens is 328 g/mol. The molecule has 5 heteroatoms. The molecule has 0 amide bonds. The average Bonchev–Trinajstić information content (AvgIpc) is 3.31. The first-order chi connectivity index (χ1) is 12.2. The lowest BCUT2D eigenvalue weighted by molar-refractivity contribution is 0.266. The highest BCUT2D eigenvalue weighted by Crippen LogP contribution is 2.43. The first kappa shape index (κ1) is 16.6. The second kappa shape index (κ2) is 7.18. The number of thiophene rings is 1. The summed E-state index contributed by atoms with van der Waals surface area (Å²) in [7, 11) is 2.09. The Bertz CT molecular complexity index is 740. The minimum atomic E-state index is 0.477. The van der Waals surface area contributed by atoms with Crippen molar-refractivity contribution in [3.05, 3.63) is 46.2 Å². The van der Waals surface area contributed by atoms with Gasteiger partial charge in [0.2, 0.25) is 0 Å². The van der Waals surface area contributed by atoms with Crippen molar-refractivity contribution >= 4 is 28.5 Å². The van der Waals surface area contributed by atoms with Gasteiger partial charge < -0.3 is 16.0 Å². The Morgan fingerprint density at radius 3 is 3.00 bits per heavy atom. The van der Waals surface area contributed by atoms with Crippen LogP contribution in [0.5, 0.6) is 0 Å². The summed E-state index contributed by atoms with van der Waals surface area (Å²) in [5, 5.41) is 20.6. The van der Waals surface area contributed by atoms with Crippen LogP contribution < -0.4 is 16.0 Å². The molecule has 3 atom stereocenters. The van der Waals surface area contributed by atoms with E-state index in [0.29, 0.717) is 17.8 Å². The quantitative estimate of drug-likeness (QED) is 0.484. The monoisotopic (exact) mass is 354 g/mol. The zero-order valence-corrected chi connectivity index (χ0v) is 15.5. The Labute approximate surface area is 153 Å². The van der Waals surface area contributed by atoms with Crippen LogP contribution in [0.25, 0.3) is 0 Å². The summed E-state index contributed by atoms with van der Waals surface area (Å²) in [5.74, 6) is 1.81. The highest BCUT2D eigenvalue weighted by atomic mass is 32.1. The fourth-order valence-corrected chi connectivity index (χ4v) is 4.97. The second-order valence-corrected chi connectivity index (χ2v) is 8.13. The molecule has 0 saturated heterocycles. The normalized spacial score (nSPS) is 25.2. The highest BCUT2D eigenvalue weighted by Gasteiger charge is 2.33. The number of nitrogens with one attached hydrogen (secondary N) is 4. The van der Waals surface area contributed by atoms with Crippen molar-refractivity contribution in [3.63, 3.8) is 0 Å². The minimum Gasteiger partial charge on any atom is -0.384 e. The standard InChI is InChI=1S/C20H26N4S/c1-22-14-5-2-4-13(10-14)17-12-23-18-8-7-15(11-16(17)18)24-20(21)19-6-3-9-25-19/h3,6-9,11,13-14,17,22-23H,2,4-5,10,12H2,1H3,(H2,21,24). The number of hydrogen-bond acceptors (Lipinski definition) is 4. The lowest BCUT2D eigenvalue weighted by atomic mass is 9.76. The Morgan fingerprint density at radius 1 is 1.28 bits per heavy atom. The Balaban J connectivity index is 1.52. The summed E-state index contributed by atoms with van der Waals surface area (Å²) in [6.07, 6.45) is 5.22. The van der Waals surface area contributed by atoms with Crippen LogP contribution in [0.2, 0.25) is 0 Å². The Morgan fingerprint density at radius 2 is 2.20 bits per heavy atom. The van der Waals surface area contributed by atoms with Crippen LogP contribution in [-0.2, 0) is 0 Å². The summed E-state index contributed by atoms with van der Waals surface area (Å²) < 4.78 is 0. The fourth-order valence-electron chi connectivity index (χ4n) is 4.34. The summed E-state index contributed by atoms with van der Waals surface area (Å²) in [5.41, 5.74) is 3.71. The van der Waals surface area contributed by atoms with E-state index in [1.165, 1.54) is 36.9 Å². The Hall–Kier alpha value is -1.85. The van der Waals surface area contributed by atoms with Crippen molar-refractivity contribution in [2.24, 2.45) is 5.92 Å². The molecule has 2 aliphatic rings. The van der Waals surface area contributed by atoms with Crippen LogP contribution in [0, 0.1) is 11.3 Å². The van der Waals surface area contributed by atoms with Gasteiger partial charge in [0, 0.05) is 29.9 Å². The smallest absolute Gasteiger partial charge is 0.140 e. The van der Waals surface area contributed by atoms with Crippen molar-refractivity contribution < 1.29 is 0 Å². The van der Waals surface area contributed by atoms with E-state index in [2.05, 4.69) is 41.2 Å². The van der Waals surface area contributed by atoms with E-state index in [0.717, 1.165) is 23.0 Å². The number of anilines is 2. The molecule has 4 nitrogen and oxygen atoms in total. The summed E-state index contributed by atoms with van der Waals surface area (Å²) in [6, 6.07) is 11.1. The summed E-state index contributed by atoms with van der Waals surface area (Å²) in [4.78, 5) is 0.972. The van der Waals surface area contributed by atoms with E-state index in [1.54, 1.807) is 11.3 Å². The van der Waals surface area contributed by atoms with E-state index in [-0.39, 0.29) is 0 Å². The topological polar surface area (TPSA) is 59.9 Å². The maximum atomic E-state index is 8.25. The van der Waals surface area contributed by atoms with Gasteiger partial charge in [-0.2, -0.15) is 0 Å². The van der Waals surface area contributed by atoms with Crippen LogP contribution in [-0.4, -0.2) is 25.5 Å². The molecule has 1 aliphatic carbocycles. The van der Waals surface area contributed by atoms with Gasteiger partial charge in [-0.05, 0) is 67.4 Å².